The molecule has 128 valence electrons. The molecule has 0 unspecified atom stereocenters. The van der Waals surface area contributed by atoms with Crippen LogP contribution in [0.25, 0.3) is 0 Å². The van der Waals surface area contributed by atoms with Crippen LogP contribution in [0.2, 0.25) is 0 Å². The number of hydrogen-bond acceptors (Lipinski definition) is 6. The molecule has 0 rings (SSSR count). The monoisotopic (exact) mass is 374 g/mol. The minimum absolute atomic E-state index is 0. The maximum atomic E-state index is 10.1. The average Bonchev–Trinajstić information content (AvgIpc) is 2.39. The first-order valence-corrected chi connectivity index (χ1v) is 6.73. The van der Waals surface area contributed by atoms with Crippen LogP contribution in [0.1, 0.15) is 38.5 Å². The van der Waals surface area contributed by atoms with E-state index in [0.29, 0.717) is 25.9 Å². The molecule has 0 fully saturated rings. The Morgan fingerprint density at radius 3 is 1.24 bits per heavy atom. The Morgan fingerprint density at radius 1 is 0.762 bits per heavy atom. The molecule has 0 aromatic heterocycles. The zero-order valence-corrected chi connectivity index (χ0v) is 14.4. The summed E-state index contributed by atoms with van der Waals surface area (Å²) in [5.41, 5.74) is 20.8. The third-order valence-electron chi connectivity index (χ3n) is 2.57. The topological polar surface area (TPSA) is 179 Å². The van der Waals surface area contributed by atoms with Crippen LogP contribution < -0.4 is 22.9 Å². The third-order valence-corrected chi connectivity index (χ3v) is 2.57. The van der Waals surface area contributed by atoms with E-state index in [-0.39, 0.29) is 17.1 Å². The molecule has 0 heterocycles. The summed E-state index contributed by atoms with van der Waals surface area (Å²) < 4.78 is 0. The molecular weight excluding hydrogens is 343 g/mol. The van der Waals surface area contributed by atoms with Crippen LogP contribution in [-0.4, -0.2) is 64.4 Å². The van der Waals surface area contributed by atoms with E-state index in [4.69, 9.17) is 33.1 Å². The van der Waals surface area contributed by atoms with Gasteiger partial charge in [-0.15, -0.1) is 0 Å². The van der Waals surface area contributed by atoms with Crippen molar-refractivity contribution in [1.29, 1.82) is 0 Å². The molecule has 0 spiro atoms. The van der Waals surface area contributed by atoms with Crippen LogP contribution in [0.5, 0.6) is 0 Å². The SMILES string of the molecule is NCCCC[C@H](N)C(=O)O.NCCCC[C@H](N)C(=O)O.[SeH2]. The van der Waals surface area contributed by atoms with Gasteiger partial charge >= 0.3 is 29.0 Å². The van der Waals surface area contributed by atoms with E-state index >= 15 is 0 Å². The van der Waals surface area contributed by atoms with Gasteiger partial charge in [0.1, 0.15) is 12.1 Å². The molecule has 0 saturated heterocycles. The number of hydrogen-bond donors (Lipinski definition) is 6. The molecule has 0 amide bonds. The van der Waals surface area contributed by atoms with E-state index in [1.807, 2.05) is 0 Å². The predicted octanol–water partition coefficient (Wildman–Crippen LogP) is -1.86. The van der Waals surface area contributed by atoms with Gasteiger partial charge in [0.05, 0.1) is 0 Å². The number of carbonyl (C=O) groups is 2. The van der Waals surface area contributed by atoms with Gasteiger partial charge in [-0.05, 0) is 38.8 Å². The summed E-state index contributed by atoms with van der Waals surface area (Å²) in [6, 6.07) is -1.43. The molecule has 9 heteroatoms. The van der Waals surface area contributed by atoms with E-state index < -0.39 is 24.0 Å². The van der Waals surface area contributed by atoms with Gasteiger partial charge in [-0.3, -0.25) is 9.59 Å². The third kappa shape index (κ3) is 19.3. The summed E-state index contributed by atoms with van der Waals surface area (Å²) in [4.78, 5) is 20.3. The maximum absolute atomic E-state index is 10.1. The zero-order chi connectivity index (χ0) is 16.0. The Labute approximate surface area is 136 Å². The Bertz CT molecular complexity index is 244. The molecule has 0 saturated carbocycles. The van der Waals surface area contributed by atoms with Crippen LogP contribution in [0.4, 0.5) is 0 Å². The summed E-state index contributed by atoms with van der Waals surface area (Å²) >= 11 is 0. The van der Waals surface area contributed by atoms with Crippen molar-refractivity contribution in [2.24, 2.45) is 22.9 Å². The van der Waals surface area contributed by atoms with Gasteiger partial charge in [0.2, 0.25) is 0 Å². The van der Waals surface area contributed by atoms with Crippen molar-refractivity contribution in [3.8, 4) is 0 Å². The second kappa shape index (κ2) is 17.4. The number of nitrogens with two attached hydrogens (primary N) is 4. The van der Waals surface area contributed by atoms with Crippen molar-refractivity contribution in [3.05, 3.63) is 0 Å². The fourth-order valence-electron chi connectivity index (χ4n) is 1.26. The van der Waals surface area contributed by atoms with Crippen molar-refractivity contribution in [3.63, 3.8) is 0 Å². The Morgan fingerprint density at radius 2 is 1.05 bits per heavy atom. The molecule has 0 aromatic rings. The van der Waals surface area contributed by atoms with Gasteiger partial charge in [-0.25, -0.2) is 0 Å². The molecule has 0 aliphatic rings. The molecule has 8 nitrogen and oxygen atoms in total. The van der Waals surface area contributed by atoms with Crippen LogP contribution >= 0.6 is 0 Å². The number of unbranched alkanes of at least 4 members (excludes halogenated alkanes) is 2. The molecule has 0 aromatic carbocycles. The van der Waals surface area contributed by atoms with E-state index in [2.05, 4.69) is 0 Å². The molecular formula is C12H30N4O4Se. The Kier molecular flexibility index (Phi) is 20.9. The van der Waals surface area contributed by atoms with Gasteiger partial charge in [0, 0.05) is 0 Å². The minimum atomic E-state index is -0.933. The van der Waals surface area contributed by atoms with Crippen molar-refractivity contribution in [2.45, 2.75) is 50.6 Å². The fourth-order valence-corrected chi connectivity index (χ4v) is 1.26. The standard InChI is InChI=1S/2C6H14N2O2.H2Se/c2*7-4-2-1-3-5(8)6(9)10;/h2*5H,1-4,7-8H2,(H,9,10);1H2/t2*5-;/m00./s1. The molecule has 0 radical (unpaired) electrons. The first-order chi connectivity index (χ1) is 9.36. The van der Waals surface area contributed by atoms with Gasteiger partial charge in [0.15, 0.2) is 0 Å². The number of rotatable bonds is 10. The normalized spacial score (nSPS) is 12.4. The fraction of sp³-hybridized carbons (Fsp3) is 0.833. The molecule has 21 heavy (non-hydrogen) atoms. The summed E-state index contributed by atoms with van der Waals surface area (Å²) in [5.74, 6) is -1.87. The van der Waals surface area contributed by atoms with Crippen LogP contribution in [0.15, 0.2) is 0 Å². The average molecular weight is 373 g/mol. The molecule has 0 bridgehead atoms. The molecule has 10 N–H and O–H groups in total. The van der Waals surface area contributed by atoms with Gasteiger partial charge < -0.3 is 33.1 Å². The van der Waals surface area contributed by atoms with Crippen molar-refractivity contribution in [2.75, 3.05) is 13.1 Å². The molecule has 0 aliphatic carbocycles. The number of carboxylic acids is 2. The second-order valence-corrected chi connectivity index (χ2v) is 4.46. The molecule has 2 atom stereocenters. The summed E-state index contributed by atoms with van der Waals surface area (Å²) in [5, 5.41) is 16.7. The van der Waals surface area contributed by atoms with Crippen molar-refractivity contribution < 1.29 is 19.8 Å². The summed E-state index contributed by atoms with van der Waals surface area (Å²) in [6.45, 7) is 1.21. The van der Waals surface area contributed by atoms with Crippen LogP contribution in [0, 0.1) is 0 Å². The van der Waals surface area contributed by atoms with E-state index in [1.54, 1.807) is 0 Å². The Hall–Kier alpha value is -0.701. The first kappa shape index (κ1) is 25.3. The quantitative estimate of drug-likeness (QED) is 0.190. The molecule has 0 aliphatic heterocycles. The van der Waals surface area contributed by atoms with Gasteiger partial charge in [-0.2, -0.15) is 0 Å². The van der Waals surface area contributed by atoms with E-state index in [9.17, 15) is 9.59 Å². The summed E-state index contributed by atoms with van der Waals surface area (Å²) in [6.07, 6.45) is 4.33. The van der Waals surface area contributed by atoms with Gasteiger partial charge in [0.25, 0.3) is 0 Å². The van der Waals surface area contributed by atoms with E-state index in [0.717, 1.165) is 25.7 Å². The van der Waals surface area contributed by atoms with Gasteiger partial charge in [-0.1, -0.05) is 12.8 Å². The number of aliphatic carboxylic acids is 2. The first-order valence-electron chi connectivity index (χ1n) is 6.73. The van der Waals surface area contributed by atoms with Crippen LogP contribution in [0.3, 0.4) is 0 Å². The van der Waals surface area contributed by atoms with Crippen molar-refractivity contribution >= 4 is 29.0 Å². The number of carboxylic acid groups (broad SMARTS) is 2. The second-order valence-electron chi connectivity index (χ2n) is 4.46. The Balaban J connectivity index is -0.000000295. The van der Waals surface area contributed by atoms with Crippen molar-refractivity contribution in [1.82, 2.24) is 0 Å². The van der Waals surface area contributed by atoms with Crippen LogP contribution in [-0.2, 0) is 9.59 Å². The van der Waals surface area contributed by atoms with E-state index in [1.165, 1.54) is 0 Å². The zero-order valence-electron chi connectivity index (χ0n) is 12.3. The predicted molar refractivity (Wildman–Crippen MR) is 85.6 cm³/mol. The summed E-state index contributed by atoms with van der Waals surface area (Å²) in [7, 11) is 0.